The molecular weight excluding hydrogens is 326 g/mol. The maximum absolute atomic E-state index is 12.7. The molecule has 0 radical (unpaired) electrons. The molecular formula is C17H21N3O3S. The highest BCUT2D eigenvalue weighted by Crippen LogP contribution is 2.17. The Morgan fingerprint density at radius 1 is 1.38 bits per heavy atom. The van der Waals surface area contributed by atoms with E-state index in [9.17, 15) is 9.90 Å². The van der Waals surface area contributed by atoms with Gasteiger partial charge in [-0.25, -0.2) is 9.78 Å². The van der Waals surface area contributed by atoms with Crippen LogP contribution in [0.1, 0.15) is 16.1 Å². The minimum absolute atomic E-state index is 0.207. The van der Waals surface area contributed by atoms with Crippen molar-refractivity contribution >= 4 is 17.4 Å². The van der Waals surface area contributed by atoms with Crippen molar-refractivity contribution < 1.29 is 14.6 Å². The molecule has 7 heteroatoms. The van der Waals surface area contributed by atoms with Crippen molar-refractivity contribution in [3.8, 4) is 0 Å². The summed E-state index contributed by atoms with van der Waals surface area (Å²) in [5.41, 5.74) is 3.78. The number of nitrogens with zero attached hydrogens (tertiary/aromatic N) is 2. The zero-order chi connectivity index (χ0) is 16.9. The molecule has 0 saturated carbocycles. The van der Waals surface area contributed by atoms with Crippen LogP contribution in [0.4, 0.5) is 4.79 Å². The van der Waals surface area contributed by atoms with Crippen molar-refractivity contribution in [1.29, 1.82) is 0 Å². The fourth-order valence-corrected chi connectivity index (χ4v) is 3.38. The highest BCUT2D eigenvalue weighted by atomic mass is 32.1. The Labute approximate surface area is 145 Å². The Hall–Kier alpha value is -1.96. The van der Waals surface area contributed by atoms with Crippen molar-refractivity contribution in [2.75, 3.05) is 13.2 Å². The van der Waals surface area contributed by atoms with Crippen LogP contribution in [0.3, 0.4) is 0 Å². The molecule has 3 rings (SSSR count). The van der Waals surface area contributed by atoms with E-state index in [2.05, 4.69) is 10.3 Å². The minimum atomic E-state index is -0.655. The normalized spacial score (nSPS) is 20.1. The topological polar surface area (TPSA) is 74.7 Å². The second-order valence-electron chi connectivity index (χ2n) is 5.86. The predicted molar refractivity (Wildman–Crippen MR) is 91.7 cm³/mol. The number of carbonyl (C=O) groups excluding carboxylic acids is 1. The molecule has 2 aromatic rings. The molecule has 1 aromatic carbocycles. The van der Waals surface area contributed by atoms with Crippen LogP contribution in [0.15, 0.2) is 35.8 Å². The van der Waals surface area contributed by atoms with Gasteiger partial charge in [0.05, 0.1) is 43.1 Å². The van der Waals surface area contributed by atoms with E-state index in [-0.39, 0.29) is 18.7 Å². The van der Waals surface area contributed by atoms with E-state index >= 15 is 0 Å². The minimum Gasteiger partial charge on any atom is -0.388 e. The Morgan fingerprint density at radius 2 is 2.17 bits per heavy atom. The zero-order valence-electron chi connectivity index (χ0n) is 13.5. The summed E-state index contributed by atoms with van der Waals surface area (Å²) in [5.74, 6) is 0. The lowest BCUT2D eigenvalue weighted by Crippen LogP contribution is -2.48. The molecule has 6 nitrogen and oxygen atoms in total. The lowest BCUT2D eigenvalue weighted by Gasteiger charge is -2.25. The second kappa shape index (κ2) is 7.74. The molecule has 0 spiro atoms. The smallest absolute Gasteiger partial charge is 0.318 e. The van der Waals surface area contributed by atoms with Crippen molar-refractivity contribution in [2.45, 2.75) is 32.2 Å². The number of nitrogens with one attached hydrogen (secondary N) is 1. The standard InChI is InChI=1S/C17H21N3O3S/c1-12-16(24-11-18-12)8-20(7-13-5-3-2-4-6-13)17(22)19-14-9-23-10-15(14)21/h2-6,11,14-15,21H,7-10H2,1H3,(H,19,22)/t14-,15-/m0/s1. The van der Waals surface area contributed by atoms with Crippen LogP contribution in [0.5, 0.6) is 0 Å². The van der Waals surface area contributed by atoms with Crippen LogP contribution < -0.4 is 5.32 Å². The molecule has 2 heterocycles. The van der Waals surface area contributed by atoms with Crippen LogP contribution >= 0.6 is 11.3 Å². The van der Waals surface area contributed by atoms with Gasteiger partial charge in [-0.1, -0.05) is 30.3 Å². The van der Waals surface area contributed by atoms with Gasteiger partial charge in [-0.3, -0.25) is 0 Å². The lowest BCUT2D eigenvalue weighted by atomic mass is 10.2. The highest BCUT2D eigenvalue weighted by molar-refractivity contribution is 7.09. The first-order valence-corrected chi connectivity index (χ1v) is 8.75. The van der Waals surface area contributed by atoms with E-state index < -0.39 is 6.10 Å². The van der Waals surface area contributed by atoms with E-state index in [1.807, 2.05) is 37.3 Å². The third-order valence-corrected chi connectivity index (χ3v) is 4.96. The number of aliphatic hydroxyl groups is 1. The maximum atomic E-state index is 12.7. The number of thiazole rings is 1. The Kier molecular flexibility index (Phi) is 5.44. The number of aliphatic hydroxyl groups excluding tert-OH is 1. The summed E-state index contributed by atoms with van der Waals surface area (Å²) in [5, 5.41) is 12.7. The molecule has 0 aliphatic carbocycles. The number of urea groups is 1. The van der Waals surface area contributed by atoms with Gasteiger partial charge < -0.3 is 20.1 Å². The maximum Gasteiger partial charge on any atom is 0.318 e. The van der Waals surface area contributed by atoms with Crippen LogP contribution in [-0.2, 0) is 17.8 Å². The lowest BCUT2D eigenvalue weighted by molar-refractivity contribution is 0.121. The molecule has 1 aliphatic heterocycles. The molecule has 0 unspecified atom stereocenters. The molecule has 2 N–H and O–H groups in total. The summed E-state index contributed by atoms with van der Waals surface area (Å²) in [7, 11) is 0. The van der Waals surface area contributed by atoms with Gasteiger partial charge in [0.2, 0.25) is 0 Å². The van der Waals surface area contributed by atoms with Crippen molar-refractivity contribution in [3.05, 3.63) is 52.0 Å². The Bertz CT molecular complexity index is 677. The zero-order valence-corrected chi connectivity index (χ0v) is 14.3. The third kappa shape index (κ3) is 4.11. The summed E-state index contributed by atoms with van der Waals surface area (Å²) in [6.07, 6.45) is -0.655. The van der Waals surface area contributed by atoms with Gasteiger partial charge in [-0.05, 0) is 12.5 Å². The third-order valence-electron chi connectivity index (χ3n) is 4.04. The molecule has 2 atom stereocenters. The number of aryl methyl sites for hydroxylation is 1. The Morgan fingerprint density at radius 3 is 2.79 bits per heavy atom. The van der Waals surface area contributed by atoms with Crippen molar-refractivity contribution in [1.82, 2.24) is 15.2 Å². The first-order chi connectivity index (χ1) is 11.6. The monoisotopic (exact) mass is 347 g/mol. The average molecular weight is 347 g/mol. The van der Waals surface area contributed by atoms with E-state index in [0.717, 1.165) is 16.1 Å². The van der Waals surface area contributed by atoms with Gasteiger partial charge in [0.15, 0.2) is 0 Å². The SMILES string of the molecule is Cc1ncsc1CN(Cc1ccccc1)C(=O)N[C@H]1COC[C@@H]1O. The van der Waals surface area contributed by atoms with Gasteiger partial charge >= 0.3 is 6.03 Å². The summed E-state index contributed by atoms with van der Waals surface area (Å²) >= 11 is 1.54. The number of benzene rings is 1. The number of rotatable bonds is 5. The van der Waals surface area contributed by atoms with Crippen LogP contribution in [-0.4, -0.2) is 46.4 Å². The fraction of sp³-hybridized carbons (Fsp3) is 0.412. The van der Waals surface area contributed by atoms with Crippen LogP contribution in [0.25, 0.3) is 0 Å². The van der Waals surface area contributed by atoms with Crippen LogP contribution in [0, 0.1) is 6.92 Å². The first-order valence-electron chi connectivity index (χ1n) is 7.87. The van der Waals surface area contributed by atoms with Crippen molar-refractivity contribution in [3.63, 3.8) is 0 Å². The van der Waals surface area contributed by atoms with E-state index in [1.54, 1.807) is 21.7 Å². The molecule has 24 heavy (non-hydrogen) atoms. The van der Waals surface area contributed by atoms with Gasteiger partial charge in [0, 0.05) is 11.4 Å². The van der Waals surface area contributed by atoms with Crippen molar-refractivity contribution in [2.24, 2.45) is 0 Å². The number of aromatic nitrogens is 1. The summed E-state index contributed by atoms with van der Waals surface area (Å²) < 4.78 is 5.20. The fourth-order valence-electron chi connectivity index (χ4n) is 2.59. The number of amides is 2. The molecule has 1 fully saturated rings. The first kappa shape index (κ1) is 16.9. The number of hydrogen-bond donors (Lipinski definition) is 2. The largest absolute Gasteiger partial charge is 0.388 e. The Balaban J connectivity index is 1.73. The van der Waals surface area contributed by atoms with E-state index in [1.165, 1.54) is 0 Å². The molecule has 0 bridgehead atoms. The number of carbonyl (C=O) groups is 1. The molecule has 128 valence electrons. The molecule has 1 aromatic heterocycles. The summed E-state index contributed by atoms with van der Waals surface area (Å²) in [6, 6.07) is 9.28. The average Bonchev–Trinajstić information content (AvgIpc) is 3.17. The van der Waals surface area contributed by atoms with E-state index in [4.69, 9.17) is 4.74 Å². The second-order valence-corrected chi connectivity index (χ2v) is 6.80. The molecule has 2 amide bonds. The van der Waals surface area contributed by atoms with Gasteiger partial charge in [0.1, 0.15) is 0 Å². The number of hydrogen-bond acceptors (Lipinski definition) is 5. The molecule has 1 saturated heterocycles. The summed E-state index contributed by atoms with van der Waals surface area (Å²) in [4.78, 5) is 19.8. The quantitative estimate of drug-likeness (QED) is 0.867. The summed E-state index contributed by atoms with van der Waals surface area (Å²) in [6.45, 7) is 3.52. The van der Waals surface area contributed by atoms with Crippen LogP contribution in [0.2, 0.25) is 0 Å². The van der Waals surface area contributed by atoms with Gasteiger partial charge in [-0.15, -0.1) is 11.3 Å². The van der Waals surface area contributed by atoms with E-state index in [0.29, 0.717) is 19.7 Å². The van der Waals surface area contributed by atoms with Gasteiger partial charge in [-0.2, -0.15) is 0 Å². The number of ether oxygens (including phenoxy) is 1. The predicted octanol–water partition coefficient (Wildman–Crippen LogP) is 1.92. The molecule has 1 aliphatic rings. The van der Waals surface area contributed by atoms with Gasteiger partial charge in [0.25, 0.3) is 0 Å². The highest BCUT2D eigenvalue weighted by Gasteiger charge is 2.29.